The number of carbonyl (C=O) groups excluding carboxylic acids is 1. The molecule has 0 amide bonds. The predicted molar refractivity (Wildman–Crippen MR) is 129 cm³/mol. The van der Waals surface area contributed by atoms with Gasteiger partial charge < -0.3 is 23.8 Å². The molecule has 1 fully saturated rings. The predicted octanol–water partition coefficient (Wildman–Crippen LogP) is 4.26. The minimum atomic E-state index is -1.94. The molecule has 188 valence electrons. The average Bonchev–Trinajstić information content (AvgIpc) is 3.50. The van der Waals surface area contributed by atoms with Crippen LogP contribution in [0.4, 0.5) is 8.78 Å². The first-order valence-electron chi connectivity index (χ1n) is 11.6. The van der Waals surface area contributed by atoms with E-state index in [0.717, 1.165) is 40.7 Å². The third kappa shape index (κ3) is 3.86. The molecule has 0 saturated carbocycles. The molecule has 0 N–H and O–H groups in total. The van der Waals surface area contributed by atoms with Crippen LogP contribution in [-0.4, -0.2) is 58.9 Å². The summed E-state index contributed by atoms with van der Waals surface area (Å²) in [5.41, 5.74) is 1.43. The van der Waals surface area contributed by atoms with E-state index in [1.165, 1.54) is 7.11 Å². The van der Waals surface area contributed by atoms with Crippen molar-refractivity contribution in [3.8, 4) is 11.4 Å². The van der Waals surface area contributed by atoms with E-state index in [-0.39, 0.29) is 0 Å². The Bertz CT molecular complexity index is 1310. The quantitative estimate of drug-likeness (QED) is 0.576. The highest BCUT2D eigenvalue weighted by Crippen LogP contribution is 2.43. The zero-order valence-electron chi connectivity index (χ0n) is 20.1. The first-order valence-corrected chi connectivity index (χ1v) is 11.6. The molecule has 0 radical (unpaired) electrons. The van der Waals surface area contributed by atoms with Crippen LogP contribution >= 0.6 is 0 Å². The number of piperidine rings is 1. The molecule has 1 aliphatic carbocycles. The number of ether oxygens (including phenoxy) is 2. The number of alkyl halides is 1. The summed E-state index contributed by atoms with van der Waals surface area (Å²) in [6.07, 6.45) is 8.37. The molecule has 1 aromatic heterocycles. The molecule has 0 bridgehead atoms. The number of oxime groups is 1. The Labute approximate surface area is 207 Å². The van der Waals surface area contributed by atoms with Crippen molar-refractivity contribution in [2.75, 3.05) is 20.8 Å². The first kappa shape index (κ1) is 23.8. The van der Waals surface area contributed by atoms with Crippen molar-refractivity contribution in [3.05, 3.63) is 71.6 Å². The minimum absolute atomic E-state index is 0.371. The van der Waals surface area contributed by atoms with Gasteiger partial charge in [-0.1, -0.05) is 11.2 Å². The van der Waals surface area contributed by atoms with Crippen molar-refractivity contribution in [2.24, 2.45) is 11.1 Å². The number of hydrogen-bond acceptors (Lipinski definition) is 7. The molecule has 5 rings (SSSR count). The van der Waals surface area contributed by atoms with Gasteiger partial charge >= 0.3 is 11.7 Å². The normalized spacial score (nSPS) is 26.2. The highest BCUT2D eigenvalue weighted by Gasteiger charge is 2.62. The van der Waals surface area contributed by atoms with Gasteiger partial charge in [0.25, 0.3) is 0 Å². The molecule has 2 aliphatic heterocycles. The molecular weight excluding hydrogens is 470 g/mol. The lowest BCUT2D eigenvalue weighted by molar-refractivity contribution is -0.196. The third-order valence-electron chi connectivity index (χ3n) is 6.63. The fraction of sp³-hybridized carbons (Fsp3) is 0.346. The molecule has 3 aliphatic rings. The van der Waals surface area contributed by atoms with Crippen LogP contribution in [0.1, 0.15) is 24.1 Å². The monoisotopic (exact) mass is 496 g/mol. The van der Waals surface area contributed by atoms with Gasteiger partial charge in [0, 0.05) is 12.7 Å². The molecule has 1 aromatic carbocycles. The van der Waals surface area contributed by atoms with E-state index >= 15 is 0 Å². The highest BCUT2D eigenvalue weighted by atomic mass is 19.1. The lowest BCUT2D eigenvalue weighted by atomic mass is 9.84. The van der Waals surface area contributed by atoms with E-state index in [1.807, 2.05) is 42.0 Å². The fourth-order valence-electron chi connectivity index (χ4n) is 4.92. The maximum atomic E-state index is 15.0. The fourth-order valence-corrected chi connectivity index (χ4v) is 4.92. The number of carbonyl (C=O) groups is 1. The van der Waals surface area contributed by atoms with E-state index in [2.05, 4.69) is 10.1 Å². The number of benzene rings is 1. The summed E-state index contributed by atoms with van der Waals surface area (Å²) in [7, 11) is 2.79. The Kier molecular flexibility index (Phi) is 6.11. The van der Waals surface area contributed by atoms with Gasteiger partial charge in [0.15, 0.2) is 5.84 Å². The molecule has 3 unspecified atom stereocenters. The van der Waals surface area contributed by atoms with E-state index in [1.54, 1.807) is 18.3 Å². The molecule has 8 nitrogen and oxygen atoms in total. The first-order chi connectivity index (χ1) is 17.4. The van der Waals surface area contributed by atoms with Crippen LogP contribution in [0.5, 0.6) is 5.75 Å². The van der Waals surface area contributed by atoms with Gasteiger partial charge in [-0.3, -0.25) is 0 Å². The van der Waals surface area contributed by atoms with E-state index in [4.69, 9.17) is 14.3 Å². The Morgan fingerprint density at radius 1 is 1.33 bits per heavy atom. The number of imidazole rings is 1. The van der Waals surface area contributed by atoms with Crippen LogP contribution in [-0.2, 0) is 14.4 Å². The number of fused-ring (bicyclic) bond motifs is 1. The Morgan fingerprint density at radius 3 is 2.89 bits per heavy atom. The third-order valence-corrected chi connectivity index (χ3v) is 6.63. The Hall–Kier alpha value is -3.95. The summed E-state index contributed by atoms with van der Waals surface area (Å²) in [6.45, 7) is 2.28. The molecular formula is C26H26F2N4O4. The summed E-state index contributed by atoms with van der Waals surface area (Å²) in [5.74, 6) is -1.71. The van der Waals surface area contributed by atoms with Gasteiger partial charge in [0.05, 0.1) is 37.8 Å². The Balaban J connectivity index is 1.50. The maximum Gasteiger partial charge on any atom is 0.375 e. The lowest BCUT2D eigenvalue weighted by Gasteiger charge is -2.42. The number of amidine groups is 1. The van der Waals surface area contributed by atoms with E-state index < -0.39 is 29.6 Å². The van der Waals surface area contributed by atoms with Gasteiger partial charge in [-0.2, -0.15) is 0 Å². The molecule has 3 atom stereocenters. The molecule has 0 spiro atoms. The number of allylic oxidation sites excluding steroid dienone is 3. The van der Waals surface area contributed by atoms with Crippen LogP contribution in [0, 0.1) is 12.8 Å². The van der Waals surface area contributed by atoms with Gasteiger partial charge in [-0.25, -0.2) is 18.6 Å². The van der Waals surface area contributed by atoms with Crippen molar-refractivity contribution in [3.63, 3.8) is 0 Å². The van der Waals surface area contributed by atoms with E-state index in [0.29, 0.717) is 31.0 Å². The molecule has 36 heavy (non-hydrogen) atoms. The van der Waals surface area contributed by atoms with Gasteiger partial charge in [-0.05, 0) is 67.3 Å². The van der Waals surface area contributed by atoms with Crippen molar-refractivity contribution >= 4 is 17.9 Å². The van der Waals surface area contributed by atoms with Gasteiger partial charge in [0.2, 0.25) is 0 Å². The van der Waals surface area contributed by atoms with Crippen LogP contribution in [0.3, 0.4) is 0 Å². The number of aromatic nitrogens is 2. The summed E-state index contributed by atoms with van der Waals surface area (Å²) < 4.78 is 41.6. The van der Waals surface area contributed by atoms with Crippen LogP contribution < -0.4 is 4.74 Å². The molecule has 2 aromatic rings. The van der Waals surface area contributed by atoms with Gasteiger partial charge in [0.1, 0.15) is 17.7 Å². The second-order valence-corrected chi connectivity index (χ2v) is 8.85. The number of hydrogen-bond donors (Lipinski definition) is 0. The topological polar surface area (TPSA) is 78.2 Å². The number of halogens is 2. The van der Waals surface area contributed by atoms with E-state index in [9.17, 15) is 13.6 Å². The Morgan fingerprint density at radius 2 is 2.17 bits per heavy atom. The summed E-state index contributed by atoms with van der Waals surface area (Å²) in [4.78, 5) is 24.5. The minimum Gasteiger partial charge on any atom is -0.495 e. The zero-order chi connectivity index (χ0) is 25.4. The number of methoxy groups -OCH3 is 2. The van der Waals surface area contributed by atoms with Crippen molar-refractivity contribution in [1.29, 1.82) is 0 Å². The highest BCUT2D eigenvalue weighted by molar-refractivity contribution is 6.06. The molecule has 10 heteroatoms. The number of rotatable bonds is 5. The number of esters is 1. The largest absolute Gasteiger partial charge is 0.495 e. The zero-order valence-corrected chi connectivity index (χ0v) is 20.1. The molecule has 3 heterocycles. The second kappa shape index (κ2) is 9.25. The number of nitrogens with zero attached hydrogens (tertiary/aromatic N) is 4. The van der Waals surface area contributed by atoms with Crippen LogP contribution in [0.15, 0.2) is 65.5 Å². The smallest absolute Gasteiger partial charge is 0.375 e. The average molecular weight is 497 g/mol. The summed E-state index contributed by atoms with van der Waals surface area (Å²) in [5, 5.41) is 4.19. The number of aryl methyl sites for hydroxylation is 1. The summed E-state index contributed by atoms with van der Waals surface area (Å²) in [6, 6.07) is 5.75. The second-order valence-electron chi connectivity index (χ2n) is 8.85. The lowest BCUT2D eigenvalue weighted by Crippen LogP contribution is -2.62. The van der Waals surface area contributed by atoms with Crippen molar-refractivity contribution in [2.45, 2.75) is 31.7 Å². The van der Waals surface area contributed by atoms with Crippen molar-refractivity contribution in [1.82, 2.24) is 14.5 Å². The molecule has 1 saturated heterocycles. The van der Waals surface area contributed by atoms with Crippen LogP contribution in [0.25, 0.3) is 11.8 Å². The standard InChI is InChI=1S/C26H26F2N4O4/c1-16-14-31(15-29-16)22-9-6-17(12-23(22)34-2)11-18-5-4-10-32-24(18)30-36-26(32,25(33)35-3)20-13-19(27)7-8-21(20)28/h6-9,11-15,20-21H,4-5,10H2,1-3H3/b18-11+. The van der Waals surface area contributed by atoms with Crippen LogP contribution in [0.2, 0.25) is 0 Å². The SMILES string of the molecule is COC(=O)C1(C2C=C(F)C=CC2F)ON=C2/C(=C/c3ccc(-n4cnc(C)c4)c(OC)c3)CCCN21. The maximum absolute atomic E-state index is 15.0. The summed E-state index contributed by atoms with van der Waals surface area (Å²) >= 11 is 0. The van der Waals surface area contributed by atoms with Crippen molar-refractivity contribution < 1.29 is 27.9 Å². The van der Waals surface area contributed by atoms with Gasteiger partial charge in [-0.15, -0.1) is 0 Å².